The molecule has 0 saturated carbocycles. The van der Waals surface area contributed by atoms with Crippen LogP contribution in [0.2, 0.25) is 0 Å². The third-order valence-corrected chi connectivity index (χ3v) is 5.90. The van der Waals surface area contributed by atoms with Crippen LogP contribution in [0.1, 0.15) is 72.9 Å². The van der Waals surface area contributed by atoms with E-state index < -0.39 is 5.60 Å². The van der Waals surface area contributed by atoms with Crippen LogP contribution < -0.4 is 5.46 Å². The lowest BCUT2D eigenvalue weighted by molar-refractivity contribution is 0.00578. The van der Waals surface area contributed by atoms with Gasteiger partial charge in [-0.25, -0.2) is 4.79 Å². The Bertz CT molecular complexity index is 688. The number of hydrogen-bond donors (Lipinski definition) is 0. The Labute approximate surface area is 169 Å². The summed E-state index contributed by atoms with van der Waals surface area (Å²) in [6.45, 7) is 15.3. The standard InChI is InChI=1S/C21H33BN2O4/c1-19(2,3)26-18(25)24-12-10-15(11-13-24)17-9-8-16(14-23-17)22-27-20(4,5)21(6,7)28-22/h8-9,14-15H,10-13H2,1-7H3. The molecular weight excluding hydrogens is 355 g/mol. The molecule has 0 atom stereocenters. The second-order valence-electron chi connectivity index (χ2n) is 9.85. The first kappa shape index (κ1) is 21.1. The largest absolute Gasteiger partial charge is 0.496 e. The van der Waals surface area contributed by atoms with Crippen molar-refractivity contribution in [2.24, 2.45) is 0 Å². The zero-order valence-corrected chi connectivity index (χ0v) is 18.2. The number of ether oxygens (including phenoxy) is 1. The van der Waals surface area contributed by atoms with Crippen molar-refractivity contribution in [1.82, 2.24) is 9.88 Å². The summed E-state index contributed by atoms with van der Waals surface area (Å²) >= 11 is 0. The Morgan fingerprint density at radius 3 is 2.18 bits per heavy atom. The molecule has 0 unspecified atom stereocenters. The Kier molecular flexibility index (Phi) is 5.54. The molecule has 1 amide bonds. The summed E-state index contributed by atoms with van der Waals surface area (Å²) in [5.74, 6) is 0.353. The van der Waals surface area contributed by atoms with Gasteiger partial charge in [0.05, 0.1) is 11.2 Å². The summed E-state index contributed by atoms with van der Waals surface area (Å²) in [4.78, 5) is 18.7. The van der Waals surface area contributed by atoms with Crippen LogP contribution in [0.3, 0.4) is 0 Å². The van der Waals surface area contributed by atoms with Crippen molar-refractivity contribution in [3.05, 3.63) is 24.0 Å². The number of rotatable bonds is 2. The van der Waals surface area contributed by atoms with E-state index in [0.29, 0.717) is 19.0 Å². The highest BCUT2D eigenvalue weighted by atomic mass is 16.7. The number of aromatic nitrogens is 1. The molecule has 3 rings (SSSR count). The molecule has 0 N–H and O–H groups in total. The molecule has 2 fully saturated rings. The summed E-state index contributed by atoms with van der Waals surface area (Å²) in [5, 5.41) is 0. The van der Waals surface area contributed by atoms with Gasteiger partial charge in [0.1, 0.15) is 5.60 Å². The second-order valence-corrected chi connectivity index (χ2v) is 9.85. The molecule has 1 aromatic rings. The van der Waals surface area contributed by atoms with Gasteiger partial charge in [0.25, 0.3) is 0 Å². The monoisotopic (exact) mass is 388 g/mol. The summed E-state index contributed by atoms with van der Waals surface area (Å²) in [7, 11) is -0.388. The smallest absolute Gasteiger partial charge is 0.444 e. The molecule has 28 heavy (non-hydrogen) atoms. The number of likely N-dealkylation sites (tertiary alicyclic amines) is 1. The Morgan fingerprint density at radius 2 is 1.71 bits per heavy atom. The maximum atomic E-state index is 12.2. The molecule has 0 radical (unpaired) electrons. The Morgan fingerprint density at radius 1 is 1.14 bits per heavy atom. The number of nitrogens with zero attached hydrogens (tertiary/aromatic N) is 2. The highest BCUT2D eigenvalue weighted by Gasteiger charge is 2.51. The molecule has 1 aromatic heterocycles. The quantitative estimate of drug-likeness (QED) is 0.726. The SMILES string of the molecule is CC(C)(C)OC(=O)N1CCC(c2ccc(B3OC(C)(C)C(C)(C)O3)cn2)CC1. The average Bonchev–Trinajstić information content (AvgIpc) is 2.81. The van der Waals surface area contributed by atoms with E-state index in [1.807, 2.05) is 60.7 Å². The Balaban J connectivity index is 1.58. The van der Waals surface area contributed by atoms with Gasteiger partial charge in [-0.3, -0.25) is 4.98 Å². The zero-order chi connectivity index (χ0) is 20.7. The average molecular weight is 388 g/mol. The molecule has 2 aliphatic rings. The highest BCUT2D eigenvalue weighted by Crippen LogP contribution is 2.36. The molecule has 7 heteroatoms. The van der Waals surface area contributed by atoms with Crippen molar-refractivity contribution >= 4 is 18.7 Å². The summed E-state index contributed by atoms with van der Waals surface area (Å²) < 4.78 is 17.7. The van der Waals surface area contributed by atoms with Crippen LogP contribution in [-0.4, -0.2) is 53.0 Å². The number of piperidine rings is 1. The molecule has 154 valence electrons. The van der Waals surface area contributed by atoms with Crippen LogP contribution in [-0.2, 0) is 14.0 Å². The predicted octanol–water partition coefficient (Wildman–Crippen LogP) is 3.50. The van der Waals surface area contributed by atoms with Crippen molar-refractivity contribution in [2.75, 3.05) is 13.1 Å². The van der Waals surface area contributed by atoms with E-state index >= 15 is 0 Å². The molecule has 0 bridgehead atoms. The minimum Gasteiger partial charge on any atom is -0.444 e. The molecule has 3 heterocycles. The fourth-order valence-corrected chi connectivity index (χ4v) is 3.46. The maximum Gasteiger partial charge on any atom is 0.496 e. The van der Waals surface area contributed by atoms with Gasteiger partial charge >= 0.3 is 13.2 Å². The van der Waals surface area contributed by atoms with E-state index in [4.69, 9.17) is 14.0 Å². The van der Waals surface area contributed by atoms with E-state index in [9.17, 15) is 4.79 Å². The second kappa shape index (κ2) is 7.34. The lowest BCUT2D eigenvalue weighted by Gasteiger charge is -2.33. The van der Waals surface area contributed by atoms with Gasteiger partial charge < -0.3 is 18.9 Å². The van der Waals surface area contributed by atoms with Crippen LogP contribution in [0.25, 0.3) is 0 Å². The minimum atomic E-state index is -0.459. The van der Waals surface area contributed by atoms with Crippen molar-refractivity contribution in [1.29, 1.82) is 0 Å². The third kappa shape index (κ3) is 4.52. The fraction of sp³-hybridized carbons (Fsp3) is 0.714. The number of pyridine rings is 1. The van der Waals surface area contributed by atoms with E-state index in [1.54, 1.807) is 4.90 Å². The van der Waals surface area contributed by atoms with Crippen LogP contribution in [0.5, 0.6) is 0 Å². The summed E-state index contributed by atoms with van der Waals surface area (Å²) in [6, 6.07) is 4.11. The number of carbonyl (C=O) groups is 1. The normalized spacial score (nSPS) is 22.4. The van der Waals surface area contributed by atoms with Gasteiger partial charge in [0.2, 0.25) is 0 Å². The minimum absolute atomic E-state index is 0.227. The van der Waals surface area contributed by atoms with Crippen LogP contribution in [0.4, 0.5) is 4.79 Å². The number of amides is 1. The maximum absolute atomic E-state index is 12.2. The van der Waals surface area contributed by atoms with Crippen LogP contribution in [0, 0.1) is 0 Å². The van der Waals surface area contributed by atoms with E-state index in [1.165, 1.54) is 0 Å². The van der Waals surface area contributed by atoms with Gasteiger partial charge in [-0.15, -0.1) is 0 Å². The zero-order valence-electron chi connectivity index (χ0n) is 18.2. The first-order chi connectivity index (χ1) is 12.9. The third-order valence-electron chi connectivity index (χ3n) is 5.90. The molecule has 0 aromatic carbocycles. The van der Waals surface area contributed by atoms with Gasteiger partial charge in [-0.05, 0) is 67.4 Å². The molecular formula is C21H33BN2O4. The van der Waals surface area contributed by atoms with Gasteiger partial charge in [-0.1, -0.05) is 6.07 Å². The highest BCUT2D eigenvalue weighted by molar-refractivity contribution is 6.62. The lowest BCUT2D eigenvalue weighted by Crippen LogP contribution is -2.41. The van der Waals surface area contributed by atoms with Crippen molar-refractivity contribution < 1.29 is 18.8 Å². The van der Waals surface area contributed by atoms with E-state index in [0.717, 1.165) is 24.0 Å². The molecule has 0 spiro atoms. The molecule has 6 nitrogen and oxygen atoms in total. The first-order valence-electron chi connectivity index (χ1n) is 10.2. The molecule has 2 aliphatic heterocycles. The summed E-state index contributed by atoms with van der Waals surface area (Å²) in [6.07, 6.45) is 3.41. The van der Waals surface area contributed by atoms with Crippen LogP contribution in [0.15, 0.2) is 18.3 Å². The van der Waals surface area contributed by atoms with Gasteiger partial charge in [0.15, 0.2) is 0 Å². The van der Waals surface area contributed by atoms with Gasteiger partial charge in [-0.2, -0.15) is 0 Å². The number of hydrogen-bond acceptors (Lipinski definition) is 5. The van der Waals surface area contributed by atoms with Crippen molar-refractivity contribution in [3.8, 4) is 0 Å². The topological polar surface area (TPSA) is 60.9 Å². The van der Waals surface area contributed by atoms with Crippen molar-refractivity contribution in [2.45, 2.75) is 84.0 Å². The van der Waals surface area contributed by atoms with Gasteiger partial charge in [0, 0.05) is 36.4 Å². The van der Waals surface area contributed by atoms with E-state index in [2.05, 4.69) is 11.1 Å². The number of carbonyl (C=O) groups excluding carboxylic acids is 1. The Hall–Kier alpha value is -1.60. The predicted molar refractivity (Wildman–Crippen MR) is 110 cm³/mol. The molecule has 2 saturated heterocycles. The van der Waals surface area contributed by atoms with E-state index in [-0.39, 0.29) is 24.4 Å². The first-order valence-corrected chi connectivity index (χ1v) is 10.2. The lowest BCUT2D eigenvalue weighted by atomic mass is 9.80. The fourth-order valence-electron chi connectivity index (χ4n) is 3.46. The molecule has 0 aliphatic carbocycles. The van der Waals surface area contributed by atoms with Crippen LogP contribution >= 0.6 is 0 Å². The summed E-state index contributed by atoms with van der Waals surface area (Å²) in [5.41, 5.74) is 0.826. The van der Waals surface area contributed by atoms with Crippen molar-refractivity contribution in [3.63, 3.8) is 0 Å².